The van der Waals surface area contributed by atoms with Crippen LogP contribution in [0.25, 0.3) is 10.4 Å². The van der Waals surface area contributed by atoms with E-state index < -0.39 is 0 Å². The van der Waals surface area contributed by atoms with Crippen molar-refractivity contribution in [3.05, 3.63) is 33.4 Å². The van der Waals surface area contributed by atoms with E-state index in [9.17, 15) is 0 Å². The standard InChI is InChI=1S/C11H12ClN5/c12-11-10(16-17-13)3-6(5-14-11)8-4-7-1-2-9(8)15-7/h3,5,7-9,15H,1-2,4H2. The third-order valence-corrected chi connectivity index (χ3v) is 4.01. The van der Waals surface area contributed by atoms with E-state index in [0.717, 1.165) is 12.0 Å². The largest absolute Gasteiger partial charge is 0.311 e. The molecule has 0 saturated carbocycles. The highest BCUT2D eigenvalue weighted by Gasteiger charge is 2.39. The molecule has 2 aliphatic rings. The second kappa shape index (κ2) is 4.18. The Labute approximate surface area is 104 Å². The Kier molecular flexibility index (Phi) is 2.67. The Bertz CT molecular complexity index is 497. The maximum atomic E-state index is 8.47. The minimum Gasteiger partial charge on any atom is -0.311 e. The van der Waals surface area contributed by atoms with Crippen molar-refractivity contribution in [3.8, 4) is 0 Å². The fourth-order valence-electron chi connectivity index (χ4n) is 2.97. The van der Waals surface area contributed by atoms with Crippen LogP contribution in [-0.4, -0.2) is 17.1 Å². The number of nitrogens with one attached hydrogen (secondary N) is 1. The summed E-state index contributed by atoms with van der Waals surface area (Å²) in [5, 5.41) is 7.41. The van der Waals surface area contributed by atoms with E-state index in [1.165, 1.54) is 12.8 Å². The van der Waals surface area contributed by atoms with Crippen LogP contribution in [-0.2, 0) is 0 Å². The highest BCUT2D eigenvalue weighted by Crippen LogP contribution is 2.41. The Morgan fingerprint density at radius 1 is 1.53 bits per heavy atom. The maximum absolute atomic E-state index is 8.47. The van der Waals surface area contributed by atoms with Gasteiger partial charge in [0.2, 0.25) is 0 Å². The number of pyridine rings is 1. The summed E-state index contributed by atoms with van der Waals surface area (Å²) in [5.74, 6) is 0.478. The maximum Gasteiger partial charge on any atom is 0.138 e. The summed E-state index contributed by atoms with van der Waals surface area (Å²) in [7, 11) is 0. The quantitative estimate of drug-likeness (QED) is 0.378. The Balaban J connectivity index is 1.93. The fourth-order valence-corrected chi connectivity index (χ4v) is 3.11. The predicted molar refractivity (Wildman–Crippen MR) is 65.4 cm³/mol. The summed E-state index contributed by atoms with van der Waals surface area (Å²) < 4.78 is 0. The van der Waals surface area contributed by atoms with Crippen molar-refractivity contribution in [2.45, 2.75) is 37.3 Å². The number of fused-ring (bicyclic) bond motifs is 2. The van der Waals surface area contributed by atoms with Crippen molar-refractivity contribution in [1.29, 1.82) is 0 Å². The van der Waals surface area contributed by atoms with Gasteiger partial charge in [-0.25, -0.2) is 4.98 Å². The van der Waals surface area contributed by atoms with Crippen LogP contribution in [0.15, 0.2) is 17.4 Å². The van der Waals surface area contributed by atoms with Crippen LogP contribution in [0.5, 0.6) is 0 Å². The van der Waals surface area contributed by atoms with Crippen LogP contribution in [0.2, 0.25) is 5.15 Å². The number of rotatable bonds is 2. The van der Waals surface area contributed by atoms with Crippen molar-refractivity contribution in [2.24, 2.45) is 5.11 Å². The predicted octanol–water partition coefficient (Wildman–Crippen LogP) is 3.28. The number of hydrogen-bond acceptors (Lipinski definition) is 3. The van der Waals surface area contributed by atoms with Gasteiger partial charge in [0, 0.05) is 29.1 Å². The number of hydrogen-bond donors (Lipinski definition) is 1. The van der Waals surface area contributed by atoms with E-state index in [2.05, 4.69) is 20.3 Å². The average molecular weight is 250 g/mol. The molecule has 1 aromatic rings. The van der Waals surface area contributed by atoms with Gasteiger partial charge in [0.1, 0.15) is 5.15 Å². The molecule has 2 fully saturated rings. The summed E-state index contributed by atoms with van der Waals surface area (Å²) in [6, 6.07) is 3.05. The van der Waals surface area contributed by atoms with Crippen molar-refractivity contribution in [2.75, 3.05) is 0 Å². The van der Waals surface area contributed by atoms with Crippen LogP contribution in [0.1, 0.15) is 30.7 Å². The molecule has 0 aromatic carbocycles. The molecule has 2 saturated heterocycles. The molecule has 1 N–H and O–H groups in total. The Hall–Kier alpha value is -1.29. The van der Waals surface area contributed by atoms with Crippen molar-refractivity contribution in [3.63, 3.8) is 0 Å². The molecular weight excluding hydrogens is 238 g/mol. The molecule has 88 valence electrons. The van der Waals surface area contributed by atoms with E-state index in [1.807, 2.05) is 6.07 Å². The Morgan fingerprint density at radius 2 is 2.41 bits per heavy atom. The second-order valence-corrected chi connectivity index (χ2v) is 5.02. The molecule has 3 heterocycles. The first-order valence-electron chi connectivity index (χ1n) is 5.74. The zero-order chi connectivity index (χ0) is 11.8. The van der Waals surface area contributed by atoms with Crippen molar-refractivity contribution >= 4 is 17.3 Å². The van der Waals surface area contributed by atoms with Crippen LogP contribution in [0.3, 0.4) is 0 Å². The van der Waals surface area contributed by atoms with Gasteiger partial charge in [-0.1, -0.05) is 16.7 Å². The third-order valence-electron chi connectivity index (χ3n) is 3.72. The van der Waals surface area contributed by atoms with Gasteiger partial charge in [-0.15, -0.1) is 0 Å². The minimum absolute atomic E-state index is 0.266. The zero-order valence-corrected chi connectivity index (χ0v) is 9.93. The van der Waals surface area contributed by atoms with E-state index in [0.29, 0.717) is 23.7 Å². The normalized spacial score (nSPS) is 30.3. The van der Waals surface area contributed by atoms with Crippen molar-refractivity contribution in [1.82, 2.24) is 10.3 Å². The summed E-state index contributed by atoms with van der Waals surface area (Å²) >= 11 is 5.87. The summed E-state index contributed by atoms with van der Waals surface area (Å²) in [4.78, 5) is 6.87. The highest BCUT2D eigenvalue weighted by atomic mass is 35.5. The molecule has 3 rings (SSSR count). The lowest BCUT2D eigenvalue weighted by molar-refractivity contribution is 0.505. The number of azide groups is 1. The first-order valence-corrected chi connectivity index (χ1v) is 6.12. The lowest BCUT2D eigenvalue weighted by atomic mass is 9.84. The fraction of sp³-hybridized carbons (Fsp3) is 0.545. The monoisotopic (exact) mass is 249 g/mol. The topological polar surface area (TPSA) is 73.7 Å². The Morgan fingerprint density at radius 3 is 3.06 bits per heavy atom. The van der Waals surface area contributed by atoms with Gasteiger partial charge in [0.15, 0.2) is 0 Å². The molecule has 0 spiro atoms. The SMILES string of the molecule is [N-]=[N+]=Nc1cc(C2CC3CCC2N3)cnc1Cl. The van der Waals surface area contributed by atoms with Crippen LogP contribution < -0.4 is 5.32 Å². The number of aromatic nitrogens is 1. The highest BCUT2D eigenvalue weighted by molar-refractivity contribution is 6.31. The van der Waals surface area contributed by atoms with Gasteiger partial charge in [0.25, 0.3) is 0 Å². The molecule has 3 atom stereocenters. The zero-order valence-electron chi connectivity index (χ0n) is 9.17. The minimum atomic E-state index is 0.266. The molecule has 5 nitrogen and oxygen atoms in total. The third kappa shape index (κ3) is 1.86. The average Bonchev–Trinajstić information content (AvgIpc) is 2.94. The molecule has 2 bridgehead atoms. The lowest BCUT2D eigenvalue weighted by Gasteiger charge is -2.20. The van der Waals surface area contributed by atoms with Gasteiger partial charge < -0.3 is 5.32 Å². The molecule has 3 unspecified atom stereocenters. The molecule has 1 aromatic heterocycles. The molecule has 2 aliphatic heterocycles. The van der Waals surface area contributed by atoms with E-state index in [1.54, 1.807) is 6.20 Å². The summed E-state index contributed by atoms with van der Waals surface area (Å²) in [5.41, 5.74) is 10.0. The molecular formula is C11H12ClN5. The van der Waals surface area contributed by atoms with E-state index in [-0.39, 0.29) is 5.15 Å². The lowest BCUT2D eigenvalue weighted by Crippen LogP contribution is -2.21. The molecule has 0 amide bonds. The second-order valence-electron chi connectivity index (χ2n) is 4.66. The molecule has 0 radical (unpaired) electrons. The number of halogens is 1. The van der Waals surface area contributed by atoms with Gasteiger partial charge in [-0.05, 0) is 36.4 Å². The van der Waals surface area contributed by atoms with Crippen LogP contribution in [0, 0.1) is 0 Å². The first-order chi connectivity index (χ1) is 8.28. The van der Waals surface area contributed by atoms with Gasteiger partial charge in [-0.3, -0.25) is 0 Å². The van der Waals surface area contributed by atoms with Gasteiger partial charge in [0.05, 0.1) is 5.69 Å². The smallest absolute Gasteiger partial charge is 0.138 e. The van der Waals surface area contributed by atoms with Gasteiger partial charge >= 0.3 is 0 Å². The summed E-state index contributed by atoms with van der Waals surface area (Å²) in [6.07, 6.45) is 5.43. The first kappa shape index (κ1) is 10.8. The number of nitrogens with zero attached hydrogens (tertiary/aromatic N) is 4. The van der Waals surface area contributed by atoms with Crippen molar-refractivity contribution < 1.29 is 0 Å². The van der Waals surface area contributed by atoms with E-state index >= 15 is 0 Å². The van der Waals surface area contributed by atoms with E-state index in [4.69, 9.17) is 17.1 Å². The molecule has 17 heavy (non-hydrogen) atoms. The molecule has 6 heteroatoms. The summed E-state index contributed by atoms with van der Waals surface area (Å²) in [6.45, 7) is 0. The molecule has 0 aliphatic carbocycles. The van der Waals surface area contributed by atoms with Crippen LogP contribution >= 0.6 is 11.6 Å². The van der Waals surface area contributed by atoms with Crippen LogP contribution in [0.4, 0.5) is 5.69 Å². The van der Waals surface area contributed by atoms with Gasteiger partial charge in [-0.2, -0.15) is 0 Å².